The Morgan fingerprint density at radius 1 is 1.30 bits per heavy atom. The van der Waals surface area contributed by atoms with Crippen molar-refractivity contribution in [1.82, 2.24) is 15.1 Å². The van der Waals surface area contributed by atoms with Crippen molar-refractivity contribution in [2.75, 3.05) is 6.54 Å². The number of aryl methyl sites for hydroxylation is 1. The van der Waals surface area contributed by atoms with Gasteiger partial charge in [0.1, 0.15) is 0 Å². The first-order valence-electron chi connectivity index (χ1n) is 7.96. The third-order valence-corrected chi connectivity index (χ3v) is 4.57. The van der Waals surface area contributed by atoms with E-state index in [4.69, 9.17) is 5.10 Å². The van der Waals surface area contributed by atoms with E-state index >= 15 is 0 Å². The summed E-state index contributed by atoms with van der Waals surface area (Å²) in [6.07, 6.45) is 6.60. The van der Waals surface area contributed by atoms with Crippen molar-refractivity contribution in [1.29, 1.82) is 0 Å². The highest BCUT2D eigenvalue weighted by atomic mass is 15.3. The molecule has 3 heteroatoms. The van der Waals surface area contributed by atoms with Gasteiger partial charge in [0, 0.05) is 12.4 Å². The van der Waals surface area contributed by atoms with E-state index < -0.39 is 0 Å². The summed E-state index contributed by atoms with van der Waals surface area (Å²) < 4.78 is 2.03. The Hall–Kier alpha value is -1.35. The van der Waals surface area contributed by atoms with Gasteiger partial charge >= 0.3 is 0 Å². The predicted molar refractivity (Wildman–Crippen MR) is 83.7 cm³/mol. The van der Waals surface area contributed by atoms with E-state index in [0.29, 0.717) is 6.04 Å². The molecule has 1 heterocycles. The molecule has 0 bridgehead atoms. The summed E-state index contributed by atoms with van der Waals surface area (Å²) >= 11 is 0. The van der Waals surface area contributed by atoms with Crippen LogP contribution < -0.4 is 5.32 Å². The summed E-state index contributed by atoms with van der Waals surface area (Å²) in [4.78, 5) is 0. The molecule has 2 aromatic rings. The van der Waals surface area contributed by atoms with Gasteiger partial charge in [-0.05, 0) is 37.8 Å². The second kappa shape index (κ2) is 5.96. The Morgan fingerprint density at radius 3 is 2.80 bits per heavy atom. The number of hydrogen-bond donors (Lipinski definition) is 1. The van der Waals surface area contributed by atoms with Crippen molar-refractivity contribution in [2.45, 2.75) is 45.1 Å². The zero-order chi connectivity index (χ0) is 13.9. The van der Waals surface area contributed by atoms with Gasteiger partial charge in [-0.15, -0.1) is 0 Å². The van der Waals surface area contributed by atoms with Gasteiger partial charge in [-0.1, -0.05) is 38.0 Å². The number of hydrogen-bond acceptors (Lipinski definition) is 2. The summed E-state index contributed by atoms with van der Waals surface area (Å²) in [6.45, 7) is 3.31. The molecule has 0 radical (unpaired) electrons. The summed E-state index contributed by atoms with van der Waals surface area (Å²) in [5.41, 5.74) is 2.49. The molecule has 108 valence electrons. The third kappa shape index (κ3) is 2.47. The lowest BCUT2D eigenvalue weighted by molar-refractivity contribution is 0.361. The monoisotopic (exact) mass is 271 g/mol. The molecule has 0 spiro atoms. The fourth-order valence-electron chi connectivity index (χ4n) is 3.55. The molecular formula is C17H25N3. The second-order valence-corrected chi connectivity index (χ2v) is 6.00. The van der Waals surface area contributed by atoms with Gasteiger partial charge < -0.3 is 5.32 Å². The zero-order valence-electron chi connectivity index (χ0n) is 12.6. The van der Waals surface area contributed by atoms with Crippen LogP contribution in [-0.2, 0) is 7.05 Å². The van der Waals surface area contributed by atoms with Crippen LogP contribution in [0.1, 0.15) is 50.8 Å². The van der Waals surface area contributed by atoms with E-state index in [1.54, 1.807) is 0 Å². The Bertz CT molecular complexity index is 567. The van der Waals surface area contributed by atoms with Crippen LogP contribution in [0.3, 0.4) is 0 Å². The maximum absolute atomic E-state index is 4.84. The van der Waals surface area contributed by atoms with Crippen LogP contribution in [0, 0.1) is 5.92 Å². The van der Waals surface area contributed by atoms with E-state index in [2.05, 4.69) is 43.6 Å². The van der Waals surface area contributed by atoms with Crippen molar-refractivity contribution < 1.29 is 0 Å². The largest absolute Gasteiger partial charge is 0.308 e. The number of nitrogens with one attached hydrogen (secondary N) is 1. The standard InChI is InChI=1S/C17H25N3/c1-3-12-18-16(13-8-4-5-9-13)17-14-10-6-7-11-15(14)20(2)19-17/h6-7,10-11,13,16,18H,3-5,8-9,12H2,1-2H3. The Labute approximate surface area is 121 Å². The smallest absolute Gasteiger partial charge is 0.0875 e. The van der Waals surface area contributed by atoms with E-state index in [-0.39, 0.29) is 0 Å². The van der Waals surface area contributed by atoms with E-state index in [1.165, 1.54) is 48.7 Å². The van der Waals surface area contributed by atoms with Crippen LogP contribution in [0.5, 0.6) is 0 Å². The number of rotatable bonds is 5. The molecule has 3 rings (SSSR count). The van der Waals surface area contributed by atoms with Crippen molar-refractivity contribution in [2.24, 2.45) is 13.0 Å². The van der Waals surface area contributed by atoms with Crippen LogP contribution in [0.15, 0.2) is 24.3 Å². The van der Waals surface area contributed by atoms with Gasteiger partial charge in [-0.3, -0.25) is 4.68 Å². The lowest BCUT2D eigenvalue weighted by Gasteiger charge is -2.23. The normalized spacial score (nSPS) is 17.9. The first-order valence-corrected chi connectivity index (χ1v) is 7.96. The van der Waals surface area contributed by atoms with Crippen molar-refractivity contribution in [3.63, 3.8) is 0 Å². The van der Waals surface area contributed by atoms with E-state index in [9.17, 15) is 0 Å². The molecule has 1 N–H and O–H groups in total. The molecule has 20 heavy (non-hydrogen) atoms. The van der Waals surface area contributed by atoms with Crippen LogP contribution >= 0.6 is 0 Å². The van der Waals surface area contributed by atoms with Crippen LogP contribution in [0.2, 0.25) is 0 Å². The van der Waals surface area contributed by atoms with Crippen LogP contribution in [0.4, 0.5) is 0 Å². The van der Waals surface area contributed by atoms with Gasteiger partial charge in [0.15, 0.2) is 0 Å². The molecule has 1 aromatic carbocycles. The molecule has 3 nitrogen and oxygen atoms in total. The number of aromatic nitrogens is 2. The Kier molecular flexibility index (Phi) is 4.06. The maximum Gasteiger partial charge on any atom is 0.0875 e. The molecular weight excluding hydrogens is 246 g/mol. The predicted octanol–water partition coefficient (Wildman–Crippen LogP) is 3.80. The second-order valence-electron chi connectivity index (χ2n) is 6.00. The Balaban J connectivity index is 1.99. The molecule has 1 atom stereocenters. The SMILES string of the molecule is CCCNC(c1nn(C)c2ccccc12)C1CCCC1. The van der Waals surface area contributed by atoms with Crippen LogP contribution in [-0.4, -0.2) is 16.3 Å². The summed E-state index contributed by atoms with van der Waals surface area (Å²) in [5, 5.41) is 9.91. The van der Waals surface area contributed by atoms with Gasteiger partial charge in [0.2, 0.25) is 0 Å². The van der Waals surface area contributed by atoms with Gasteiger partial charge in [-0.2, -0.15) is 5.10 Å². The lowest BCUT2D eigenvalue weighted by atomic mass is 9.93. The number of fused-ring (bicyclic) bond motifs is 1. The zero-order valence-corrected chi connectivity index (χ0v) is 12.6. The summed E-state index contributed by atoms with van der Waals surface area (Å²) in [5.74, 6) is 0.750. The lowest BCUT2D eigenvalue weighted by Crippen LogP contribution is -2.28. The van der Waals surface area contributed by atoms with Gasteiger partial charge in [0.25, 0.3) is 0 Å². The topological polar surface area (TPSA) is 29.9 Å². The number of benzene rings is 1. The maximum atomic E-state index is 4.84. The van der Waals surface area contributed by atoms with Gasteiger partial charge in [0.05, 0.1) is 17.3 Å². The summed E-state index contributed by atoms with van der Waals surface area (Å²) in [7, 11) is 2.05. The van der Waals surface area contributed by atoms with Crippen molar-refractivity contribution >= 4 is 10.9 Å². The average molecular weight is 271 g/mol. The molecule has 1 fully saturated rings. The minimum Gasteiger partial charge on any atom is -0.308 e. The van der Waals surface area contributed by atoms with E-state index in [0.717, 1.165) is 12.5 Å². The third-order valence-electron chi connectivity index (χ3n) is 4.57. The first-order chi connectivity index (χ1) is 9.81. The average Bonchev–Trinajstić information content (AvgIpc) is 3.10. The summed E-state index contributed by atoms with van der Waals surface area (Å²) in [6, 6.07) is 9.02. The molecule has 0 aliphatic heterocycles. The molecule has 1 aromatic heterocycles. The molecule has 0 amide bonds. The van der Waals surface area contributed by atoms with E-state index in [1.807, 2.05) is 4.68 Å². The fraction of sp³-hybridized carbons (Fsp3) is 0.588. The molecule has 1 saturated carbocycles. The highest BCUT2D eigenvalue weighted by Gasteiger charge is 2.29. The fourth-order valence-corrected chi connectivity index (χ4v) is 3.55. The van der Waals surface area contributed by atoms with Crippen molar-refractivity contribution in [3.8, 4) is 0 Å². The van der Waals surface area contributed by atoms with Crippen LogP contribution in [0.25, 0.3) is 10.9 Å². The number of nitrogens with zero attached hydrogens (tertiary/aromatic N) is 2. The quantitative estimate of drug-likeness (QED) is 0.896. The molecule has 1 unspecified atom stereocenters. The molecule has 0 saturated heterocycles. The molecule has 1 aliphatic rings. The highest BCUT2D eigenvalue weighted by molar-refractivity contribution is 5.82. The minimum absolute atomic E-state index is 0.420. The van der Waals surface area contributed by atoms with Gasteiger partial charge in [-0.25, -0.2) is 0 Å². The van der Waals surface area contributed by atoms with Crippen molar-refractivity contribution in [3.05, 3.63) is 30.0 Å². The minimum atomic E-state index is 0.420. The number of para-hydroxylation sites is 1. The Morgan fingerprint density at radius 2 is 2.05 bits per heavy atom. The molecule has 1 aliphatic carbocycles. The first kappa shape index (κ1) is 13.6. The highest BCUT2D eigenvalue weighted by Crippen LogP contribution is 2.37.